The van der Waals surface area contributed by atoms with Gasteiger partial charge in [-0.05, 0) is 24.3 Å². The van der Waals surface area contributed by atoms with Gasteiger partial charge in [-0.2, -0.15) is 0 Å². The first-order valence-corrected chi connectivity index (χ1v) is 4.76. The van der Waals surface area contributed by atoms with Crippen LogP contribution in [0.25, 0.3) is 0 Å². The van der Waals surface area contributed by atoms with Crippen LogP contribution >= 0.6 is 0 Å². The summed E-state index contributed by atoms with van der Waals surface area (Å²) in [6.07, 6.45) is 0.562. The second-order valence-electron chi connectivity index (χ2n) is 4.30. The van der Waals surface area contributed by atoms with Gasteiger partial charge in [-0.15, -0.1) is 0 Å². The first kappa shape index (κ1) is 10.3. The zero-order valence-electron chi connectivity index (χ0n) is 8.62. The van der Waals surface area contributed by atoms with Gasteiger partial charge in [0.1, 0.15) is 0 Å². The van der Waals surface area contributed by atoms with Crippen LogP contribution in [0.5, 0.6) is 0 Å². The van der Waals surface area contributed by atoms with Crippen LogP contribution in [0.2, 0.25) is 0 Å². The fraction of sp³-hybridized carbons (Fsp3) is 0.500. The van der Waals surface area contributed by atoms with Gasteiger partial charge in [-0.25, -0.2) is 0 Å². The molecular formula is C12H18O. The molecule has 0 aliphatic heterocycles. The molecule has 0 fully saturated rings. The maximum Gasteiger partial charge on any atom is 0.0520 e. The van der Waals surface area contributed by atoms with Crippen molar-refractivity contribution in [2.24, 2.45) is 0 Å². The van der Waals surface area contributed by atoms with Gasteiger partial charge in [-0.1, -0.05) is 44.2 Å². The average Bonchev–Trinajstić information content (AvgIpc) is 2.04. The lowest BCUT2D eigenvalue weighted by Crippen LogP contribution is -2.22. The molecular weight excluding hydrogens is 160 g/mol. The maximum atomic E-state index is 9.35. The number of benzene rings is 1. The van der Waals surface area contributed by atoms with Crippen LogP contribution < -0.4 is 0 Å². The van der Waals surface area contributed by atoms with Crippen LogP contribution in [0.1, 0.15) is 32.8 Å². The monoisotopic (exact) mass is 178 g/mol. The van der Waals surface area contributed by atoms with E-state index in [0.717, 1.165) is 6.42 Å². The molecule has 0 heterocycles. The Morgan fingerprint density at radius 3 is 2.23 bits per heavy atom. The molecule has 0 saturated heterocycles. The molecule has 1 rings (SSSR count). The Kier molecular flexibility index (Phi) is 3.10. The fourth-order valence-corrected chi connectivity index (χ4v) is 1.75. The first-order chi connectivity index (χ1) is 6.02. The van der Waals surface area contributed by atoms with Crippen molar-refractivity contribution >= 4 is 0 Å². The Morgan fingerprint density at radius 1 is 1.23 bits per heavy atom. The standard InChI is InChI=1S/C12H18O/c1-10(13)9-12(2,3)11-7-5-4-6-8-11/h4-8,10,13H,9H2,1-3H3/t10-/m0/s1. The number of hydrogen-bond donors (Lipinski definition) is 1. The summed E-state index contributed by atoms with van der Waals surface area (Å²) >= 11 is 0. The number of aliphatic hydroxyl groups excluding tert-OH is 1. The van der Waals surface area contributed by atoms with E-state index in [-0.39, 0.29) is 11.5 Å². The first-order valence-electron chi connectivity index (χ1n) is 4.76. The summed E-state index contributed by atoms with van der Waals surface area (Å²) in [5.74, 6) is 0. The smallest absolute Gasteiger partial charge is 0.0520 e. The lowest BCUT2D eigenvalue weighted by molar-refractivity contribution is 0.157. The van der Waals surface area contributed by atoms with Crippen LogP contribution in [-0.2, 0) is 5.41 Å². The minimum absolute atomic E-state index is 0.0649. The molecule has 72 valence electrons. The molecule has 1 aromatic rings. The van der Waals surface area contributed by atoms with Gasteiger partial charge in [0.15, 0.2) is 0 Å². The highest BCUT2D eigenvalue weighted by Gasteiger charge is 2.21. The SMILES string of the molecule is C[C@H](O)CC(C)(C)c1ccccc1. The Balaban J connectivity index is 2.81. The second kappa shape index (κ2) is 3.93. The largest absolute Gasteiger partial charge is 0.393 e. The maximum absolute atomic E-state index is 9.35. The molecule has 0 saturated carbocycles. The molecule has 0 bridgehead atoms. The third-order valence-electron chi connectivity index (χ3n) is 2.36. The van der Waals surface area contributed by atoms with Crippen LogP contribution in [0.3, 0.4) is 0 Å². The second-order valence-corrected chi connectivity index (χ2v) is 4.30. The van der Waals surface area contributed by atoms with Crippen molar-refractivity contribution < 1.29 is 5.11 Å². The van der Waals surface area contributed by atoms with Crippen molar-refractivity contribution in [3.63, 3.8) is 0 Å². The van der Waals surface area contributed by atoms with E-state index in [1.54, 1.807) is 0 Å². The molecule has 0 aromatic heterocycles. The molecule has 0 aliphatic rings. The molecule has 0 aliphatic carbocycles. The summed E-state index contributed by atoms with van der Waals surface area (Å²) in [6.45, 7) is 6.16. The summed E-state index contributed by atoms with van der Waals surface area (Å²) in [5, 5.41) is 9.35. The van der Waals surface area contributed by atoms with Gasteiger partial charge in [0, 0.05) is 0 Å². The van der Waals surface area contributed by atoms with E-state index in [4.69, 9.17) is 0 Å². The van der Waals surface area contributed by atoms with Crippen molar-refractivity contribution in [2.45, 2.75) is 38.7 Å². The summed E-state index contributed by atoms with van der Waals surface area (Å²) in [4.78, 5) is 0. The van der Waals surface area contributed by atoms with Crippen LogP contribution in [0.4, 0.5) is 0 Å². The molecule has 1 aromatic carbocycles. The molecule has 13 heavy (non-hydrogen) atoms. The van der Waals surface area contributed by atoms with Crippen molar-refractivity contribution in [2.75, 3.05) is 0 Å². The molecule has 0 unspecified atom stereocenters. The average molecular weight is 178 g/mol. The minimum atomic E-state index is -0.241. The molecule has 1 atom stereocenters. The summed E-state index contributed by atoms with van der Waals surface area (Å²) in [7, 11) is 0. The van der Waals surface area contributed by atoms with Gasteiger partial charge in [0.2, 0.25) is 0 Å². The third kappa shape index (κ3) is 2.85. The summed E-state index contributed by atoms with van der Waals surface area (Å²) < 4.78 is 0. The number of aliphatic hydroxyl groups is 1. The molecule has 0 amide bonds. The van der Waals surface area contributed by atoms with Crippen LogP contribution in [0.15, 0.2) is 30.3 Å². The highest BCUT2D eigenvalue weighted by Crippen LogP contribution is 2.27. The quantitative estimate of drug-likeness (QED) is 0.754. The lowest BCUT2D eigenvalue weighted by Gasteiger charge is -2.26. The van der Waals surface area contributed by atoms with Crippen molar-refractivity contribution in [3.05, 3.63) is 35.9 Å². The number of rotatable bonds is 3. The third-order valence-corrected chi connectivity index (χ3v) is 2.36. The van der Waals surface area contributed by atoms with E-state index in [1.807, 2.05) is 25.1 Å². The van der Waals surface area contributed by atoms with E-state index >= 15 is 0 Å². The summed E-state index contributed by atoms with van der Waals surface area (Å²) in [5.41, 5.74) is 1.35. The van der Waals surface area contributed by atoms with Gasteiger partial charge < -0.3 is 5.11 Å². The van der Waals surface area contributed by atoms with Crippen molar-refractivity contribution in [3.8, 4) is 0 Å². The van der Waals surface area contributed by atoms with Gasteiger partial charge in [0.25, 0.3) is 0 Å². The van der Waals surface area contributed by atoms with Crippen LogP contribution in [0, 0.1) is 0 Å². The molecule has 1 heteroatoms. The molecule has 0 radical (unpaired) electrons. The van der Waals surface area contributed by atoms with E-state index < -0.39 is 0 Å². The van der Waals surface area contributed by atoms with E-state index in [9.17, 15) is 5.11 Å². The van der Waals surface area contributed by atoms with E-state index in [2.05, 4.69) is 26.0 Å². The normalized spacial score (nSPS) is 14.2. The Bertz CT molecular complexity index is 249. The van der Waals surface area contributed by atoms with E-state index in [0.29, 0.717) is 0 Å². The topological polar surface area (TPSA) is 20.2 Å². The summed E-state index contributed by atoms with van der Waals surface area (Å²) in [6, 6.07) is 10.3. The fourth-order valence-electron chi connectivity index (χ4n) is 1.75. The Morgan fingerprint density at radius 2 is 1.77 bits per heavy atom. The molecule has 1 nitrogen and oxygen atoms in total. The molecule has 1 N–H and O–H groups in total. The van der Waals surface area contributed by atoms with Gasteiger partial charge >= 0.3 is 0 Å². The zero-order chi connectivity index (χ0) is 9.90. The number of hydrogen-bond acceptors (Lipinski definition) is 1. The minimum Gasteiger partial charge on any atom is -0.393 e. The predicted octanol–water partition coefficient (Wildman–Crippen LogP) is 2.74. The van der Waals surface area contributed by atoms with Crippen molar-refractivity contribution in [1.29, 1.82) is 0 Å². The highest BCUT2D eigenvalue weighted by atomic mass is 16.3. The van der Waals surface area contributed by atoms with Gasteiger partial charge in [0.05, 0.1) is 6.10 Å². The lowest BCUT2D eigenvalue weighted by atomic mass is 9.80. The van der Waals surface area contributed by atoms with Gasteiger partial charge in [-0.3, -0.25) is 0 Å². The zero-order valence-corrected chi connectivity index (χ0v) is 8.62. The highest BCUT2D eigenvalue weighted by molar-refractivity contribution is 5.23. The molecule has 0 spiro atoms. The van der Waals surface area contributed by atoms with Crippen molar-refractivity contribution in [1.82, 2.24) is 0 Å². The predicted molar refractivity (Wildman–Crippen MR) is 55.8 cm³/mol. The van der Waals surface area contributed by atoms with Crippen LogP contribution in [-0.4, -0.2) is 11.2 Å². The Labute approximate surface area is 80.4 Å². The Hall–Kier alpha value is -0.820. The van der Waals surface area contributed by atoms with E-state index in [1.165, 1.54) is 5.56 Å².